The molecule has 5 rings (SSSR count). The number of hydrogen-bond acceptors (Lipinski definition) is 6. The molecular weight excluding hydrogens is 591 g/mol. The number of sulfonamides is 1. The van der Waals surface area contributed by atoms with Crippen LogP contribution in [-0.2, 0) is 27.8 Å². The highest BCUT2D eigenvalue weighted by Gasteiger charge is 2.49. The molecule has 0 spiro atoms. The number of benzene rings is 2. The molecule has 228 valence electrons. The highest BCUT2D eigenvalue weighted by Crippen LogP contribution is 2.43. The van der Waals surface area contributed by atoms with E-state index < -0.39 is 67.2 Å². The average Bonchev–Trinajstić information content (AvgIpc) is 3.34. The van der Waals surface area contributed by atoms with Crippen molar-refractivity contribution in [2.45, 2.75) is 75.7 Å². The summed E-state index contributed by atoms with van der Waals surface area (Å²) in [5.41, 5.74) is 0.453. The average molecular weight is 626 g/mol. The van der Waals surface area contributed by atoms with Crippen molar-refractivity contribution in [1.82, 2.24) is 13.9 Å². The molecule has 42 heavy (non-hydrogen) atoms. The van der Waals surface area contributed by atoms with Crippen LogP contribution in [-0.4, -0.2) is 69.2 Å². The van der Waals surface area contributed by atoms with E-state index in [-0.39, 0.29) is 47.7 Å². The van der Waals surface area contributed by atoms with Gasteiger partial charge in [0.1, 0.15) is 10.6 Å². The maximum atomic E-state index is 14.6. The molecular formula is C29H34F3N3O5S2. The summed E-state index contributed by atoms with van der Waals surface area (Å²) in [6.07, 6.45) is 1.94. The Kier molecular flexibility index (Phi) is 8.53. The van der Waals surface area contributed by atoms with E-state index in [1.54, 1.807) is 45.0 Å². The van der Waals surface area contributed by atoms with Crippen molar-refractivity contribution < 1.29 is 35.7 Å². The minimum Gasteiger partial charge on any atom is -0.598 e. The summed E-state index contributed by atoms with van der Waals surface area (Å²) >= 11 is -1.56. The van der Waals surface area contributed by atoms with E-state index in [1.807, 2.05) is 0 Å². The second kappa shape index (κ2) is 11.6. The third-order valence-electron chi connectivity index (χ3n) is 8.39. The zero-order valence-electron chi connectivity index (χ0n) is 23.6. The number of hydrogen-bond donors (Lipinski definition) is 1. The molecule has 0 saturated carbocycles. The number of imide groups is 1. The normalized spacial score (nSPS) is 24.3. The fourth-order valence-electron chi connectivity index (χ4n) is 6.29. The van der Waals surface area contributed by atoms with Gasteiger partial charge in [-0.25, -0.2) is 21.6 Å². The summed E-state index contributed by atoms with van der Waals surface area (Å²) in [7, 11) is -3.86. The zero-order valence-corrected chi connectivity index (χ0v) is 25.2. The first kappa shape index (κ1) is 31.0. The monoisotopic (exact) mass is 625 g/mol. The van der Waals surface area contributed by atoms with Gasteiger partial charge in [0.05, 0.1) is 22.9 Å². The van der Waals surface area contributed by atoms with Crippen LogP contribution in [0.15, 0.2) is 36.4 Å². The lowest BCUT2D eigenvalue weighted by molar-refractivity contribution is 0.0663. The molecule has 0 radical (unpaired) electrons. The summed E-state index contributed by atoms with van der Waals surface area (Å²) in [5.74, 6) is -5.04. The molecule has 0 aromatic heterocycles. The Bertz CT molecular complexity index is 1450. The van der Waals surface area contributed by atoms with E-state index in [0.717, 1.165) is 11.0 Å². The predicted molar refractivity (Wildman–Crippen MR) is 152 cm³/mol. The molecule has 13 heteroatoms. The number of nitrogens with one attached hydrogen (secondary N) is 1. The topological polar surface area (TPSA) is 110 Å². The maximum absolute atomic E-state index is 14.6. The Balaban J connectivity index is 1.31. The van der Waals surface area contributed by atoms with Gasteiger partial charge in [0, 0.05) is 36.1 Å². The van der Waals surface area contributed by atoms with Gasteiger partial charge < -0.3 is 4.55 Å². The summed E-state index contributed by atoms with van der Waals surface area (Å²) < 4.78 is 86.3. The minimum absolute atomic E-state index is 0.0541. The lowest BCUT2D eigenvalue weighted by Gasteiger charge is -2.41. The van der Waals surface area contributed by atoms with Crippen LogP contribution in [0.5, 0.6) is 0 Å². The van der Waals surface area contributed by atoms with E-state index >= 15 is 0 Å². The molecule has 1 N–H and O–H groups in total. The van der Waals surface area contributed by atoms with E-state index in [1.165, 1.54) is 4.31 Å². The molecule has 2 aromatic carbocycles. The Morgan fingerprint density at radius 2 is 1.52 bits per heavy atom. The molecule has 2 fully saturated rings. The van der Waals surface area contributed by atoms with Gasteiger partial charge >= 0.3 is 0 Å². The van der Waals surface area contributed by atoms with Crippen molar-refractivity contribution in [3.63, 3.8) is 0 Å². The van der Waals surface area contributed by atoms with E-state index in [0.29, 0.717) is 31.7 Å². The molecule has 1 unspecified atom stereocenters. The second-order valence-corrected chi connectivity index (χ2v) is 16.2. The van der Waals surface area contributed by atoms with Crippen molar-refractivity contribution in [1.29, 1.82) is 0 Å². The first-order valence-corrected chi connectivity index (χ1v) is 16.7. The smallest absolute Gasteiger partial charge is 0.261 e. The molecule has 8 nitrogen and oxygen atoms in total. The molecule has 5 atom stereocenters. The molecule has 3 heterocycles. The summed E-state index contributed by atoms with van der Waals surface area (Å²) in [6, 6.07) is 6.35. The van der Waals surface area contributed by atoms with Crippen LogP contribution >= 0.6 is 0 Å². The van der Waals surface area contributed by atoms with Crippen LogP contribution in [0.25, 0.3) is 0 Å². The number of nitrogens with zero attached hydrogens (tertiary/aromatic N) is 2. The maximum Gasteiger partial charge on any atom is 0.261 e. The number of amides is 2. The van der Waals surface area contributed by atoms with Crippen LogP contribution in [0.4, 0.5) is 13.2 Å². The van der Waals surface area contributed by atoms with Crippen LogP contribution in [0, 0.1) is 23.4 Å². The standard InChI is InChI=1S/C29H34F3N3O5S2/c1-29(2,3)41(38)33-26(15-17-14-24(31)25(32)16-23(17)30)18-12-19-8-9-20(13-18)35(19)42(39,40)11-10-34-27(36)21-6-4-5-7-22(21)28(34)37/h4-7,14,16,18-20,26,33H,8-13,15H2,1-3H3/t18-,19-,20+,26-,41?/m0/s1. The SMILES string of the molecule is CC(C)(C)[S+]([O-])N[C@@H](Cc1cc(F)c(F)cc1F)[C@@H]1C[C@H]2CC[C@@H](C1)N2S(=O)(=O)CCN1C(=O)c2ccccc2C1=O. The number of piperidine rings is 1. The molecule has 2 aromatic rings. The third-order valence-corrected chi connectivity index (χ3v) is 12.0. The van der Waals surface area contributed by atoms with Crippen LogP contribution in [0.1, 0.15) is 72.7 Å². The third kappa shape index (κ3) is 5.99. The van der Waals surface area contributed by atoms with Crippen molar-refractivity contribution in [3.8, 4) is 0 Å². The lowest BCUT2D eigenvalue weighted by Crippen LogP contribution is -2.54. The van der Waals surface area contributed by atoms with Crippen LogP contribution in [0.2, 0.25) is 0 Å². The second-order valence-electron chi connectivity index (χ2n) is 12.2. The fraction of sp³-hybridized carbons (Fsp3) is 0.517. The predicted octanol–water partition coefficient (Wildman–Crippen LogP) is 3.94. The largest absolute Gasteiger partial charge is 0.598 e. The Labute approximate surface area is 247 Å². The molecule has 3 aliphatic rings. The lowest BCUT2D eigenvalue weighted by atomic mass is 9.83. The highest BCUT2D eigenvalue weighted by atomic mass is 32.2. The van der Waals surface area contributed by atoms with Gasteiger partial charge in [0.2, 0.25) is 10.0 Å². The van der Waals surface area contributed by atoms with Crippen molar-refractivity contribution in [2.75, 3.05) is 12.3 Å². The van der Waals surface area contributed by atoms with Gasteiger partial charge in [-0.15, -0.1) is 4.72 Å². The Hall–Kier alpha value is -2.45. The number of carbonyl (C=O) groups excluding carboxylic acids is 2. The van der Waals surface area contributed by atoms with Gasteiger partial charge in [0.25, 0.3) is 11.8 Å². The molecule has 2 amide bonds. The van der Waals surface area contributed by atoms with Gasteiger partial charge in [-0.2, -0.15) is 4.31 Å². The first-order valence-electron chi connectivity index (χ1n) is 13.9. The highest BCUT2D eigenvalue weighted by molar-refractivity contribution is 7.90. The van der Waals surface area contributed by atoms with E-state index in [9.17, 15) is 35.7 Å². The van der Waals surface area contributed by atoms with Gasteiger partial charge in [-0.05, 0) is 82.6 Å². The van der Waals surface area contributed by atoms with E-state index in [4.69, 9.17) is 0 Å². The van der Waals surface area contributed by atoms with E-state index in [2.05, 4.69) is 4.72 Å². The van der Waals surface area contributed by atoms with Crippen molar-refractivity contribution >= 4 is 33.2 Å². The minimum atomic E-state index is -3.86. The Morgan fingerprint density at radius 1 is 0.976 bits per heavy atom. The summed E-state index contributed by atoms with van der Waals surface area (Å²) in [4.78, 5) is 26.4. The van der Waals surface area contributed by atoms with Crippen LogP contribution < -0.4 is 4.72 Å². The van der Waals surface area contributed by atoms with Gasteiger partial charge in [-0.1, -0.05) is 12.1 Å². The number of rotatable bonds is 9. The van der Waals surface area contributed by atoms with Crippen molar-refractivity contribution in [3.05, 3.63) is 70.5 Å². The zero-order chi connectivity index (χ0) is 30.6. The first-order chi connectivity index (χ1) is 19.7. The summed E-state index contributed by atoms with van der Waals surface area (Å²) in [5, 5.41) is 0. The number of halogens is 3. The molecule has 0 aliphatic carbocycles. The number of fused-ring (bicyclic) bond motifs is 3. The summed E-state index contributed by atoms with van der Waals surface area (Å²) in [6.45, 7) is 5.06. The van der Waals surface area contributed by atoms with Crippen molar-refractivity contribution in [2.24, 2.45) is 5.92 Å². The Morgan fingerprint density at radius 3 is 2.07 bits per heavy atom. The quantitative estimate of drug-likeness (QED) is 0.257. The molecule has 2 saturated heterocycles. The van der Waals surface area contributed by atoms with Crippen LogP contribution in [0.3, 0.4) is 0 Å². The van der Waals surface area contributed by atoms with Gasteiger partial charge in [-0.3, -0.25) is 14.5 Å². The fourth-order valence-corrected chi connectivity index (χ4v) is 9.11. The molecule has 3 aliphatic heterocycles. The number of carbonyl (C=O) groups is 2. The molecule has 2 bridgehead atoms. The van der Waals surface area contributed by atoms with Gasteiger partial charge in [0.15, 0.2) is 11.6 Å².